The van der Waals surface area contributed by atoms with Crippen molar-refractivity contribution < 1.29 is 0 Å². The van der Waals surface area contributed by atoms with Crippen LogP contribution in [0.15, 0.2) is 36.8 Å². The van der Waals surface area contributed by atoms with Gasteiger partial charge in [-0.2, -0.15) is 5.10 Å². The van der Waals surface area contributed by atoms with Crippen molar-refractivity contribution in [2.45, 2.75) is 32.6 Å². The van der Waals surface area contributed by atoms with E-state index in [0.29, 0.717) is 5.92 Å². The number of pyridine rings is 1. The lowest BCUT2D eigenvalue weighted by Crippen LogP contribution is -1.92. The molecule has 0 radical (unpaired) electrons. The first kappa shape index (κ1) is 12.9. The molecule has 1 N–H and O–H groups in total. The SMILES string of the molecule is Cc1ccn2cc(C3CC3)nc2c1-c1cc(C)c2[nH]ncc2c1. The van der Waals surface area contributed by atoms with Crippen molar-refractivity contribution >= 4 is 16.6 Å². The van der Waals surface area contributed by atoms with E-state index in [1.165, 1.54) is 40.8 Å². The van der Waals surface area contributed by atoms with Gasteiger partial charge < -0.3 is 4.40 Å². The lowest BCUT2D eigenvalue weighted by atomic mass is 9.98. The standard InChI is InChI=1S/C19H18N4/c1-11-5-6-23-10-16(13-3-4-13)21-19(23)17(11)14-7-12(2)18-15(8-14)9-20-22-18/h5-10,13H,3-4H2,1-2H3,(H,20,22). The molecule has 0 unspecified atom stereocenters. The van der Waals surface area contributed by atoms with Crippen LogP contribution in [0.1, 0.15) is 35.6 Å². The van der Waals surface area contributed by atoms with Crippen LogP contribution in [0, 0.1) is 13.8 Å². The van der Waals surface area contributed by atoms with Gasteiger partial charge in [0.15, 0.2) is 0 Å². The second kappa shape index (κ2) is 4.44. The summed E-state index contributed by atoms with van der Waals surface area (Å²) in [7, 11) is 0. The van der Waals surface area contributed by atoms with Crippen LogP contribution in [0.5, 0.6) is 0 Å². The Morgan fingerprint density at radius 3 is 2.87 bits per heavy atom. The van der Waals surface area contributed by atoms with Gasteiger partial charge in [-0.05, 0) is 61.6 Å². The van der Waals surface area contributed by atoms with E-state index >= 15 is 0 Å². The number of hydrogen-bond donors (Lipinski definition) is 1. The van der Waals surface area contributed by atoms with E-state index in [9.17, 15) is 0 Å². The normalized spacial score (nSPS) is 14.9. The van der Waals surface area contributed by atoms with Gasteiger partial charge in [-0.25, -0.2) is 4.98 Å². The predicted octanol–water partition coefficient (Wildman–Crippen LogP) is 4.37. The molecule has 5 rings (SSSR count). The minimum absolute atomic E-state index is 0.668. The summed E-state index contributed by atoms with van der Waals surface area (Å²) in [6.07, 6.45) is 8.76. The molecule has 3 heterocycles. The molecular formula is C19H18N4. The zero-order valence-corrected chi connectivity index (χ0v) is 13.3. The highest BCUT2D eigenvalue weighted by Gasteiger charge is 2.27. The van der Waals surface area contributed by atoms with Crippen LogP contribution in [-0.4, -0.2) is 19.6 Å². The number of benzene rings is 1. The number of imidazole rings is 1. The van der Waals surface area contributed by atoms with Crippen molar-refractivity contribution in [3.8, 4) is 11.1 Å². The fourth-order valence-electron chi connectivity index (χ4n) is 3.48. The van der Waals surface area contributed by atoms with Crippen molar-refractivity contribution in [2.24, 2.45) is 0 Å². The topological polar surface area (TPSA) is 46.0 Å². The molecule has 1 saturated carbocycles. The molecule has 0 aliphatic heterocycles. The minimum atomic E-state index is 0.668. The van der Waals surface area contributed by atoms with Crippen molar-refractivity contribution in [2.75, 3.05) is 0 Å². The van der Waals surface area contributed by atoms with E-state index in [-0.39, 0.29) is 0 Å². The third kappa shape index (κ3) is 1.91. The summed E-state index contributed by atoms with van der Waals surface area (Å²) in [5, 5.41) is 8.39. The summed E-state index contributed by atoms with van der Waals surface area (Å²) in [6.45, 7) is 4.29. The Hall–Kier alpha value is -2.62. The number of H-pyrrole nitrogens is 1. The summed E-state index contributed by atoms with van der Waals surface area (Å²) in [4.78, 5) is 4.95. The Balaban J connectivity index is 1.81. The molecule has 114 valence electrons. The molecule has 0 saturated heterocycles. The van der Waals surface area contributed by atoms with Crippen LogP contribution < -0.4 is 0 Å². The Bertz CT molecular complexity index is 1050. The predicted molar refractivity (Wildman–Crippen MR) is 91.7 cm³/mol. The van der Waals surface area contributed by atoms with Gasteiger partial charge in [0.1, 0.15) is 5.65 Å². The van der Waals surface area contributed by atoms with E-state index in [2.05, 4.69) is 59.0 Å². The Kier molecular flexibility index (Phi) is 2.49. The fourth-order valence-corrected chi connectivity index (χ4v) is 3.48. The van der Waals surface area contributed by atoms with E-state index in [1.807, 2.05) is 6.20 Å². The molecule has 23 heavy (non-hydrogen) atoms. The second-order valence-corrected chi connectivity index (χ2v) is 6.67. The van der Waals surface area contributed by atoms with E-state index in [0.717, 1.165) is 16.6 Å². The van der Waals surface area contributed by atoms with Gasteiger partial charge in [-0.15, -0.1) is 0 Å². The summed E-state index contributed by atoms with van der Waals surface area (Å²) in [6, 6.07) is 6.61. The summed E-state index contributed by atoms with van der Waals surface area (Å²) in [5.41, 5.74) is 8.32. The van der Waals surface area contributed by atoms with Gasteiger partial charge in [-0.3, -0.25) is 5.10 Å². The Morgan fingerprint density at radius 1 is 1.17 bits per heavy atom. The van der Waals surface area contributed by atoms with E-state index < -0.39 is 0 Å². The highest BCUT2D eigenvalue weighted by molar-refractivity contribution is 5.90. The third-order valence-electron chi connectivity index (χ3n) is 4.88. The molecule has 1 aliphatic carbocycles. The second-order valence-electron chi connectivity index (χ2n) is 6.67. The van der Waals surface area contributed by atoms with Crippen LogP contribution >= 0.6 is 0 Å². The maximum atomic E-state index is 4.95. The molecule has 0 spiro atoms. The van der Waals surface area contributed by atoms with Crippen LogP contribution in [0.2, 0.25) is 0 Å². The van der Waals surface area contributed by atoms with Crippen molar-refractivity contribution in [1.29, 1.82) is 0 Å². The number of rotatable bonds is 2. The maximum absolute atomic E-state index is 4.95. The highest BCUT2D eigenvalue weighted by Crippen LogP contribution is 2.40. The fraction of sp³-hybridized carbons (Fsp3) is 0.263. The highest BCUT2D eigenvalue weighted by atomic mass is 15.1. The molecule has 1 fully saturated rings. The number of aryl methyl sites for hydroxylation is 2. The number of aromatic nitrogens is 4. The lowest BCUT2D eigenvalue weighted by Gasteiger charge is -2.09. The molecule has 1 aromatic carbocycles. The summed E-state index contributed by atoms with van der Waals surface area (Å²) in [5.74, 6) is 0.668. The van der Waals surface area contributed by atoms with Crippen LogP contribution in [0.4, 0.5) is 0 Å². The summed E-state index contributed by atoms with van der Waals surface area (Å²) >= 11 is 0. The number of fused-ring (bicyclic) bond motifs is 2. The van der Waals surface area contributed by atoms with Crippen LogP contribution in [0.3, 0.4) is 0 Å². The molecule has 4 nitrogen and oxygen atoms in total. The minimum Gasteiger partial charge on any atom is -0.306 e. The number of hydrogen-bond acceptors (Lipinski definition) is 2. The quantitative estimate of drug-likeness (QED) is 0.597. The Morgan fingerprint density at radius 2 is 2.04 bits per heavy atom. The molecular weight excluding hydrogens is 284 g/mol. The van der Waals surface area contributed by atoms with Gasteiger partial charge in [0.25, 0.3) is 0 Å². The molecule has 3 aromatic heterocycles. The van der Waals surface area contributed by atoms with Gasteiger partial charge >= 0.3 is 0 Å². The zero-order valence-electron chi connectivity index (χ0n) is 13.3. The molecule has 0 amide bonds. The molecule has 1 aliphatic rings. The first-order valence-electron chi connectivity index (χ1n) is 8.13. The van der Waals surface area contributed by atoms with Crippen molar-refractivity contribution in [3.05, 3.63) is 53.6 Å². The molecule has 4 aromatic rings. The number of nitrogens with zero attached hydrogens (tertiary/aromatic N) is 3. The average molecular weight is 302 g/mol. The lowest BCUT2D eigenvalue weighted by molar-refractivity contribution is 1.06. The number of aromatic amines is 1. The molecule has 4 heteroatoms. The maximum Gasteiger partial charge on any atom is 0.145 e. The first-order valence-corrected chi connectivity index (χ1v) is 8.13. The largest absolute Gasteiger partial charge is 0.306 e. The van der Waals surface area contributed by atoms with Crippen molar-refractivity contribution in [1.82, 2.24) is 19.6 Å². The average Bonchev–Trinajstić information content (AvgIpc) is 3.11. The molecule has 0 bridgehead atoms. The third-order valence-corrected chi connectivity index (χ3v) is 4.88. The first-order chi connectivity index (χ1) is 11.2. The molecule has 0 atom stereocenters. The van der Waals surface area contributed by atoms with Gasteiger partial charge in [0.05, 0.1) is 17.4 Å². The monoisotopic (exact) mass is 302 g/mol. The van der Waals surface area contributed by atoms with E-state index in [1.54, 1.807) is 0 Å². The van der Waals surface area contributed by atoms with Gasteiger partial charge in [0.2, 0.25) is 0 Å². The van der Waals surface area contributed by atoms with Crippen molar-refractivity contribution in [3.63, 3.8) is 0 Å². The van der Waals surface area contributed by atoms with Crippen LogP contribution in [0.25, 0.3) is 27.7 Å². The smallest absolute Gasteiger partial charge is 0.145 e. The van der Waals surface area contributed by atoms with Gasteiger partial charge in [0, 0.05) is 29.3 Å². The number of nitrogens with one attached hydrogen (secondary N) is 1. The zero-order chi connectivity index (χ0) is 15.6. The van der Waals surface area contributed by atoms with Crippen LogP contribution in [-0.2, 0) is 0 Å². The summed E-state index contributed by atoms with van der Waals surface area (Å²) < 4.78 is 2.17. The Labute approximate surface area is 134 Å². The van der Waals surface area contributed by atoms with E-state index in [4.69, 9.17) is 4.98 Å². The van der Waals surface area contributed by atoms with Gasteiger partial charge in [-0.1, -0.05) is 0 Å².